The number of amides is 2. The lowest BCUT2D eigenvalue weighted by atomic mass is 10.0. The molecule has 1 aliphatic rings. The first-order valence-electron chi connectivity index (χ1n) is 7.94. The molecule has 0 spiro atoms. The smallest absolute Gasteiger partial charge is 0.324 e. The summed E-state index contributed by atoms with van der Waals surface area (Å²) in [5, 5.41) is 1.64. The Morgan fingerprint density at radius 3 is 2.68 bits per heavy atom. The van der Waals surface area contributed by atoms with Crippen LogP contribution < -0.4 is 4.90 Å². The van der Waals surface area contributed by atoms with Crippen molar-refractivity contribution in [2.75, 3.05) is 32.1 Å². The number of rotatable bonds is 2. The normalized spacial score (nSPS) is 13.4. The van der Waals surface area contributed by atoms with Gasteiger partial charge in [0.1, 0.15) is 5.00 Å². The fourth-order valence-electron chi connectivity index (χ4n) is 2.73. The molecule has 134 valence electrons. The van der Waals surface area contributed by atoms with Crippen molar-refractivity contribution in [3.8, 4) is 0 Å². The number of halogens is 2. The second-order valence-corrected chi connectivity index (χ2v) is 7.35. The zero-order chi connectivity index (χ0) is 17.3. The van der Waals surface area contributed by atoms with Crippen LogP contribution in [0.4, 0.5) is 9.80 Å². The maximum Gasteiger partial charge on any atom is 0.324 e. The summed E-state index contributed by atoms with van der Waals surface area (Å²) in [6.45, 7) is 3.25. The Bertz CT molecular complexity index is 801. The van der Waals surface area contributed by atoms with E-state index in [-0.39, 0.29) is 18.4 Å². The third-order valence-corrected chi connectivity index (χ3v) is 5.58. The number of anilines is 1. The predicted molar refractivity (Wildman–Crippen MR) is 109 cm³/mol. The summed E-state index contributed by atoms with van der Waals surface area (Å²) in [5.41, 5.74) is 2.79. The molecule has 0 atom stereocenters. The number of aryl methyl sites for hydroxylation is 1. The minimum absolute atomic E-state index is 0. The Balaban J connectivity index is 0.00000225. The van der Waals surface area contributed by atoms with Gasteiger partial charge in [-0.2, -0.15) is 0 Å². The fourth-order valence-corrected chi connectivity index (χ4v) is 4.07. The first kappa shape index (κ1) is 19.8. The van der Waals surface area contributed by atoms with Crippen molar-refractivity contribution in [1.82, 2.24) is 4.90 Å². The van der Waals surface area contributed by atoms with Crippen LogP contribution in [-0.2, 0) is 6.42 Å². The summed E-state index contributed by atoms with van der Waals surface area (Å²) < 4.78 is 0. The molecule has 7 heteroatoms. The van der Waals surface area contributed by atoms with Gasteiger partial charge in [-0.3, -0.25) is 9.89 Å². The highest BCUT2D eigenvalue weighted by Crippen LogP contribution is 2.36. The topological polar surface area (TPSA) is 35.9 Å². The van der Waals surface area contributed by atoms with Gasteiger partial charge >= 0.3 is 6.03 Å². The van der Waals surface area contributed by atoms with E-state index in [2.05, 4.69) is 13.0 Å². The zero-order valence-corrected chi connectivity index (χ0v) is 16.8. The number of carbonyl (C=O) groups is 1. The summed E-state index contributed by atoms with van der Waals surface area (Å²) >= 11 is 8.06. The van der Waals surface area contributed by atoms with Crippen molar-refractivity contribution >= 4 is 52.1 Å². The van der Waals surface area contributed by atoms with Gasteiger partial charge < -0.3 is 4.90 Å². The highest BCUT2D eigenvalue weighted by atomic mass is 35.5. The highest BCUT2D eigenvalue weighted by Gasteiger charge is 2.28. The molecule has 0 unspecified atom stereocenters. The van der Waals surface area contributed by atoms with Gasteiger partial charge in [-0.05, 0) is 18.6 Å². The van der Waals surface area contributed by atoms with Crippen LogP contribution in [0, 0.1) is 0 Å². The average Bonchev–Trinajstić information content (AvgIpc) is 2.92. The monoisotopic (exact) mass is 397 g/mol. The van der Waals surface area contributed by atoms with Gasteiger partial charge in [-0.25, -0.2) is 4.79 Å². The van der Waals surface area contributed by atoms with Crippen LogP contribution in [0.1, 0.15) is 22.9 Å². The van der Waals surface area contributed by atoms with E-state index in [9.17, 15) is 4.79 Å². The number of fused-ring (bicyclic) bond motifs is 1. The third kappa shape index (κ3) is 3.84. The van der Waals surface area contributed by atoms with Crippen molar-refractivity contribution in [3.05, 3.63) is 51.4 Å². The molecule has 25 heavy (non-hydrogen) atoms. The molecule has 0 fully saturated rings. The molecule has 1 aromatic carbocycles. The quantitative estimate of drug-likeness (QED) is 0.721. The van der Waals surface area contributed by atoms with Gasteiger partial charge in [0.2, 0.25) is 0 Å². The molecule has 2 aromatic rings. The first-order chi connectivity index (χ1) is 11.5. The second kappa shape index (κ2) is 8.21. The van der Waals surface area contributed by atoms with E-state index >= 15 is 0 Å². The predicted octanol–water partition coefficient (Wildman–Crippen LogP) is 4.72. The number of benzene rings is 1. The summed E-state index contributed by atoms with van der Waals surface area (Å²) in [6, 6.07) is 9.86. The highest BCUT2D eigenvalue weighted by molar-refractivity contribution is 7.16. The van der Waals surface area contributed by atoms with Gasteiger partial charge in [0, 0.05) is 41.7 Å². The molecule has 0 aliphatic carbocycles. The Hall–Kier alpha value is -1.56. The SMILES string of the molecule is CCc1cc2c(s1)N(C(=O)N(C)C)CCN=C2c1ccccc1Cl.Cl. The van der Waals surface area contributed by atoms with E-state index in [1.165, 1.54) is 4.88 Å². The lowest BCUT2D eigenvalue weighted by Crippen LogP contribution is -2.40. The maximum absolute atomic E-state index is 12.6. The Labute approximate surface area is 163 Å². The van der Waals surface area contributed by atoms with Gasteiger partial charge in [0.25, 0.3) is 0 Å². The Morgan fingerprint density at radius 2 is 2.04 bits per heavy atom. The molecule has 1 aromatic heterocycles. The Kier molecular flexibility index (Phi) is 6.49. The third-order valence-electron chi connectivity index (χ3n) is 3.95. The molecule has 3 rings (SSSR count). The number of nitrogens with zero attached hydrogens (tertiary/aromatic N) is 3. The van der Waals surface area contributed by atoms with E-state index in [0.29, 0.717) is 18.1 Å². The van der Waals surface area contributed by atoms with Crippen LogP contribution in [0.5, 0.6) is 0 Å². The minimum Gasteiger partial charge on any atom is -0.330 e. The minimum atomic E-state index is -0.0173. The van der Waals surface area contributed by atoms with Crippen LogP contribution in [0.25, 0.3) is 0 Å². The maximum atomic E-state index is 12.6. The number of urea groups is 1. The summed E-state index contributed by atoms with van der Waals surface area (Å²) in [6.07, 6.45) is 0.928. The van der Waals surface area contributed by atoms with E-state index in [0.717, 1.165) is 28.3 Å². The second-order valence-electron chi connectivity index (χ2n) is 5.82. The standard InChI is InChI=1S/C18H20ClN3OS.ClH/c1-4-12-11-14-16(13-7-5-6-8-15(13)19)20-9-10-22(17(14)24-12)18(23)21(2)3;/h5-8,11H,4,9-10H2,1-3H3;1H. The lowest BCUT2D eigenvalue weighted by Gasteiger charge is -2.24. The molecule has 0 saturated heterocycles. The molecule has 0 saturated carbocycles. The van der Waals surface area contributed by atoms with E-state index in [4.69, 9.17) is 16.6 Å². The zero-order valence-electron chi connectivity index (χ0n) is 14.5. The van der Waals surface area contributed by atoms with Crippen molar-refractivity contribution in [2.24, 2.45) is 4.99 Å². The van der Waals surface area contributed by atoms with Crippen molar-refractivity contribution in [3.63, 3.8) is 0 Å². The molecule has 4 nitrogen and oxygen atoms in total. The lowest BCUT2D eigenvalue weighted by molar-refractivity contribution is 0.224. The van der Waals surface area contributed by atoms with Crippen LogP contribution in [-0.4, -0.2) is 43.8 Å². The molecule has 2 amide bonds. The largest absolute Gasteiger partial charge is 0.330 e. The number of thiophene rings is 1. The molecule has 2 heterocycles. The molecule has 1 aliphatic heterocycles. The van der Waals surface area contributed by atoms with Gasteiger partial charge in [-0.1, -0.05) is 36.7 Å². The summed E-state index contributed by atoms with van der Waals surface area (Å²) in [4.78, 5) is 22.0. The van der Waals surface area contributed by atoms with Gasteiger partial charge in [0.05, 0.1) is 12.3 Å². The van der Waals surface area contributed by atoms with Crippen molar-refractivity contribution in [2.45, 2.75) is 13.3 Å². The van der Waals surface area contributed by atoms with E-state index in [1.807, 2.05) is 29.2 Å². The van der Waals surface area contributed by atoms with Gasteiger partial charge in [0.15, 0.2) is 0 Å². The summed E-state index contributed by atoms with van der Waals surface area (Å²) in [7, 11) is 3.55. The molecule has 0 radical (unpaired) electrons. The van der Waals surface area contributed by atoms with Crippen LogP contribution in [0.2, 0.25) is 5.02 Å². The average molecular weight is 398 g/mol. The van der Waals surface area contributed by atoms with Crippen molar-refractivity contribution < 1.29 is 4.79 Å². The molecular weight excluding hydrogens is 377 g/mol. The van der Waals surface area contributed by atoms with E-state index < -0.39 is 0 Å². The van der Waals surface area contributed by atoms with Crippen LogP contribution in [0.3, 0.4) is 0 Å². The molecule has 0 bridgehead atoms. The number of hydrogen-bond acceptors (Lipinski definition) is 3. The first-order valence-corrected chi connectivity index (χ1v) is 9.13. The molecule has 0 N–H and O–H groups in total. The summed E-state index contributed by atoms with van der Waals surface area (Å²) in [5.74, 6) is 0. The fraction of sp³-hybridized carbons (Fsp3) is 0.333. The number of carbonyl (C=O) groups excluding carboxylic acids is 1. The molecular formula is C18H21Cl2N3OS. The Morgan fingerprint density at radius 1 is 1.32 bits per heavy atom. The van der Waals surface area contributed by atoms with Gasteiger partial charge in [-0.15, -0.1) is 23.7 Å². The van der Waals surface area contributed by atoms with E-state index in [1.54, 1.807) is 30.3 Å². The van der Waals surface area contributed by atoms with Crippen LogP contribution in [0.15, 0.2) is 35.3 Å². The van der Waals surface area contributed by atoms with Crippen LogP contribution >= 0.6 is 35.3 Å². The number of aliphatic imine (C=N–C) groups is 1. The van der Waals surface area contributed by atoms with Crippen molar-refractivity contribution in [1.29, 1.82) is 0 Å². The number of hydrogen-bond donors (Lipinski definition) is 0.